The summed E-state index contributed by atoms with van der Waals surface area (Å²) in [5.74, 6) is -0.915. The van der Waals surface area contributed by atoms with E-state index < -0.39 is 32.5 Å². The van der Waals surface area contributed by atoms with Crippen molar-refractivity contribution >= 4 is 19.8 Å². The van der Waals surface area contributed by atoms with Crippen LogP contribution >= 0.6 is 7.82 Å². The van der Waals surface area contributed by atoms with Crippen LogP contribution in [0.4, 0.5) is 0 Å². The van der Waals surface area contributed by atoms with Crippen LogP contribution in [-0.2, 0) is 28.2 Å². The molecular weight excluding hydrogens is 579 g/mol. The fraction of sp³-hybridized carbons (Fsp3) is 0.771. The summed E-state index contributed by atoms with van der Waals surface area (Å²) in [5, 5.41) is 0. The molecule has 0 aromatic rings. The van der Waals surface area contributed by atoms with Gasteiger partial charge < -0.3 is 19.3 Å². The number of hydrogen-bond acceptors (Lipinski definition) is 6. The van der Waals surface area contributed by atoms with E-state index in [-0.39, 0.29) is 19.4 Å². The summed E-state index contributed by atoms with van der Waals surface area (Å²) >= 11 is 0. The Labute approximate surface area is 268 Å². The lowest BCUT2D eigenvalue weighted by atomic mass is 10.1. The first-order valence-electron chi connectivity index (χ1n) is 17.3. The Morgan fingerprint density at radius 2 is 1.05 bits per heavy atom. The van der Waals surface area contributed by atoms with E-state index in [1.807, 2.05) is 0 Å². The number of esters is 2. The molecule has 8 nitrogen and oxygen atoms in total. The Hall–Kier alpha value is -1.73. The van der Waals surface area contributed by atoms with Gasteiger partial charge in [-0.25, -0.2) is 4.57 Å². The quantitative estimate of drug-likeness (QED) is 0.0332. The first-order chi connectivity index (χ1) is 21.3. The molecule has 0 aliphatic heterocycles. The highest BCUT2D eigenvalue weighted by atomic mass is 31.2. The highest BCUT2D eigenvalue weighted by molar-refractivity contribution is 7.46. The zero-order chi connectivity index (χ0) is 32.6. The van der Waals surface area contributed by atoms with E-state index in [1.54, 1.807) is 0 Å². The van der Waals surface area contributed by atoms with Gasteiger partial charge in [0.15, 0.2) is 6.10 Å². The Balaban J connectivity index is 4.05. The zero-order valence-electron chi connectivity index (χ0n) is 27.8. The summed E-state index contributed by atoms with van der Waals surface area (Å²) in [6.45, 7) is 3.57. The lowest BCUT2D eigenvalue weighted by Crippen LogP contribution is -2.29. The fourth-order valence-electron chi connectivity index (χ4n) is 4.50. The van der Waals surface area contributed by atoms with Crippen molar-refractivity contribution in [2.24, 2.45) is 0 Å². The van der Waals surface area contributed by atoms with Gasteiger partial charge in [-0.05, 0) is 64.2 Å². The normalized spacial score (nSPS) is 12.9. The van der Waals surface area contributed by atoms with E-state index in [1.165, 1.54) is 32.1 Å². The Kier molecular flexibility index (Phi) is 30.0. The van der Waals surface area contributed by atoms with E-state index in [2.05, 4.69) is 54.8 Å². The monoisotopic (exact) mass is 642 g/mol. The molecule has 1 atom stereocenters. The van der Waals surface area contributed by atoms with Gasteiger partial charge in [0.2, 0.25) is 0 Å². The average molecular weight is 643 g/mol. The molecule has 0 fully saturated rings. The summed E-state index contributed by atoms with van der Waals surface area (Å²) in [6.07, 6.45) is 34.3. The molecule has 0 heterocycles. The van der Waals surface area contributed by atoms with Crippen LogP contribution in [-0.4, -0.2) is 41.0 Å². The topological polar surface area (TPSA) is 119 Å². The minimum atomic E-state index is -4.75. The molecule has 0 aliphatic carbocycles. The summed E-state index contributed by atoms with van der Waals surface area (Å²) in [6, 6.07) is 0. The molecule has 0 spiro atoms. The SMILES string of the molecule is CCCC/C=C\C/C=C\CCCCCCCC(=O)OC[C@H](COP(=O)(O)O)OC(=O)CCCCCCC/C=C\CCCCC. The number of phosphoric acid groups is 1. The highest BCUT2D eigenvalue weighted by Gasteiger charge is 2.22. The van der Waals surface area contributed by atoms with Crippen molar-refractivity contribution in [3.8, 4) is 0 Å². The Morgan fingerprint density at radius 1 is 0.591 bits per heavy atom. The first kappa shape index (κ1) is 42.3. The van der Waals surface area contributed by atoms with Crippen molar-refractivity contribution in [2.45, 2.75) is 161 Å². The second kappa shape index (κ2) is 31.3. The number of carbonyl (C=O) groups excluding carboxylic acids is 2. The van der Waals surface area contributed by atoms with E-state index in [9.17, 15) is 14.2 Å². The molecule has 0 amide bonds. The Morgan fingerprint density at radius 3 is 1.59 bits per heavy atom. The minimum Gasteiger partial charge on any atom is -0.462 e. The standard InChI is InChI=1S/C35H63O8P/c1-3-5-7-9-11-13-15-17-18-20-21-23-25-27-29-34(36)41-31-33(32-42-44(38,39)40)43-35(37)30-28-26-24-22-19-16-14-12-10-8-6-4-2/h9,11-12,14-15,17,33H,3-8,10,13,16,18-32H2,1-2H3,(H2,38,39,40)/b11-9-,14-12-,17-15-/t33-/m1/s1. The number of hydrogen-bond donors (Lipinski definition) is 2. The molecular formula is C35H63O8P. The summed E-state index contributed by atoms with van der Waals surface area (Å²) in [4.78, 5) is 42.5. The summed E-state index contributed by atoms with van der Waals surface area (Å²) < 4.78 is 26.2. The highest BCUT2D eigenvalue weighted by Crippen LogP contribution is 2.35. The van der Waals surface area contributed by atoms with Crippen molar-refractivity contribution in [3.63, 3.8) is 0 Å². The fourth-order valence-corrected chi connectivity index (χ4v) is 4.86. The molecule has 0 saturated carbocycles. The maximum absolute atomic E-state index is 12.3. The molecule has 0 aromatic carbocycles. The molecule has 9 heteroatoms. The second-order valence-corrected chi connectivity index (χ2v) is 12.7. The molecule has 0 aliphatic rings. The third kappa shape index (κ3) is 33.2. The number of ether oxygens (including phenoxy) is 2. The minimum absolute atomic E-state index is 0.198. The van der Waals surface area contributed by atoms with Crippen LogP contribution in [0.5, 0.6) is 0 Å². The zero-order valence-corrected chi connectivity index (χ0v) is 28.7. The largest absolute Gasteiger partial charge is 0.469 e. The predicted molar refractivity (Wildman–Crippen MR) is 179 cm³/mol. The van der Waals surface area contributed by atoms with Gasteiger partial charge in [-0.15, -0.1) is 0 Å². The molecule has 0 aromatic heterocycles. The number of rotatable bonds is 31. The van der Waals surface area contributed by atoms with Crippen LogP contribution in [0.1, 0.15) is 155 Å². The molecule has 0 rings (SSSR count). The molecule has 0 saturated heterocycles. The number of unbranched alkanes of at least 4 members (excludes halogenated alkanes) is 15. The van der Waals surface area contributed by atoms with Crippen LogP contribution in [0.15, 0.2) is 36.5 Å². The third-order valence-corrected chi connectivity index (χ3v) is 7.62. The van der Waals surface area contributed by atoms with E-state index in [4.69, 9.17) is 19.3 Å². The van der Waals surface area contributed by atoms with Gasteiger partial charge in [0.25, 0.3) is 0 Å². The van der Waals surface area contributed by atoms with Crippen LogP contribution in [0.25, 0.3) is 0 Å². The van der Waals surface area contributed by atoms with Crippen molar-refractivity contribution in [1.82, 2.24) is 0 Å². The average Bonchev–Trinajstić information content (AvgIpc) is 2.98. The Bertz CT molecular complexity index is 818. The van der Waals surface area contributed by atoms with Gasteiger partial charge in [0.1, 0.15) is 6.61 Å². The van der Waals surface area contributed by atoms with E-state index >= 15 is 0 Å². The lowest BCUT2D eigenvalue weighted by Gasteiger charge is -2.18. The van der Waals surface area contributed by atoms with Crippen molar-refractivity contribution < 1.29 is 37.9 Å². The smallest absolute Gasteiger partial charge is 0.462 e. The molecule has 0 unspecified atom stereocenters. The van der Waals surface area contributed by atoms with Crippen LogP contribution in [0.2, 0.25) is 0 Å². The maximum atomic E-state index is 12.3. The molecule has 2 N–H and O–H groups in total. The van der Waals surface area contributed by atoms with Gasteiger partial charge in [0, 0.05) is 12.8 Å². The molecule has 44 heavy (non-hydrogen) atoms. The van der Waals surface area contributed by atoms with Gasteiger partial charge in [0.05, 0.1) is 6.61 Å². The number of phosphoric ester groups is 1. The third-order valence-electron chi connectivity index (χ3n) is 7.13. The number of allylic oxidation sites excluding steroid dienone is 6. The number of carbonyl (C=O) groups is 2. The van der Waals surface area contributed by atoms with Gasteiger partial charge >= 0.3 is 19.8 Å². The van der Waals surface area contributed by atoms with Crippen LogP contribution < -0.4 is 0 Å². The van der Waals surface area contributed by atoms with E-state index in [0.29, 0.717) is 12.8 Å². The molecule has 0 bridgehead atoms. The summed E-state index contributed by atoms with van der Waals surface area (Å²) in [7, 11) is -4.75. The lowest BCUT2D eigenvalue weighted by molar-refractivity contribution is -0.161. The second-order valence-electron chi connectivity index (χ2n) is 11.5. The van der Waals surface area contributed by atoms with Crippen LogP contribution in [0, 0.1) is 0 Å². The van der Waals surface area contributed by atoms with Gasteiger partial charge in [-0.2, -0.15) is 0 Å². The maximum Gasteiger partial charge on any atom is 0.469 e. The van der Waals surface area contributed by atoms with Gasteiger partial charge in [-0.1, -0.05) is 115 Å². The molecule has 256 valence electrons. The van der Waals surface area contributed by atoms with Gasteiger partial charge in [-0.3, -0.25) is 14.1 Å². The van der Waals surface area contributed by atoms with E-state index in [0.717, 1.165) is 83.5 Å². The van der Waals surface area contributed by atoms with Crippen molar-refractivity contribution in [2.75, 3.05) is 13.2 Å². The van der Waals surface area contributed by atoms with Crippen molar-refractivity contribution in [3.05, 3.63) is 36.5 Å². The predicted octanol–water partition coefficient (Wildman–Crippen LogP) is 9.84. The summed E-state index contributed by atoms with van der Waals surface area (Å²) in [5.41, 5.74) is 0. The van der Waals surface area contributed by atoms with Crippen LogP contribution in [0.3, 0.4) is 0 Å². The first-order valence-corrected chi connectivity index (χ1v) is 18.8. The molecule has 0 radical (unpaired) electrons. The van der Waals surface area contributed by atoms with Crippen molar-refractivity contribution in [1.29, 1.82) is 0 Å².